The summed E-state index contributed by atoms with van der Waals surface area (Å²) < 4.78 is 17.4. The molecule has 4 fully saturated rings. The molecule has 52 heavy (non-hydrogen) atoms. The molecule has 2 heterocycles. The first-order valence-electron chi connectivity index (χ1n) is 17.5. The fourth-order valence-corrected chi connectivity index (χ4v) is 10.4. The Kier molecular flexibility index (Phi) is 14.3. The molecule has 0 aromatic carbocycles. The molecular formula is C36H49Ac2NO12S. The van der Waals surface area contributed by atoms with Crippen molar-refractivity contribution >= 4 is 35.0 Å². The summed E-state index contributed by atoms with van der Waals surface area (Å²) in [6, 6.07) is 2.39. The molecule has 13 nitrogen and oxygen atoms in total. The van der Waals surface area contributed by atoms with Crippen LogP contribution in [0.5, 0.6) is 0 Å². The molecule has 2 radical (unpaired) electrons. The van der Waals surface area contributed by atoms with Crippen LogP contribution in [0.3, 0.4) is 0 Å². The number of amides is 1. The Labute approximate surface area is 379 Å². The summed E-state index contributed by atoms with van der Waals surface area (Å²) in [5, 5.41) is 64.4. The van der Waals surface area contributed by atoms with Crippen molar-refractivity contribution in [3.8, 4) is 0 Å². The van der Waals surface area contributed by atoms with E-state index in [-0.39, 0.29) is 118 Å². The van der Waals surface area contributed by atoms with Gasteiger partial charge in [-0.2, -0.15) is 0 Å². The average Bonchev–Trinajstić information content (AvgIpc) is 3.61. The molecule has 2 bridgehead atoms. The van der Waals surface area contributed by atoms with E-state index in [9.17, 15) is 44.7 Å². The van der Waals surface area contributed by atoms with Crippen LogP contribution in [0.1, 0.15) is 89.2 Å². The number of nitrogens with one attached hydrogen (secondary N) is 1. The van der Waals surface area contributed by atoms with Crippen molar-refractivity contribution in [3.05, 3.63) is 33.5 Å². The van der Waals surface area contributed by atoms with Gasteiger partial charge < -0.3 is 45.1 Å². The SMILES string of the molecule is CC(=O)O[C@H]1[C@@H]2[C@]3(O)CO[C@@H]3C[C@H](O)[C@@]2(C)C(=O)[C@H](O)C2=C(C)[C@@H](OC(=O)[C@H](O)[C@@H](NC(=O)c3cccs3)C3CCCCC3)C[C@]1(O)C2(C)C.[Ac].[Ac]. The smallest absolute Gasteiger partial charge is 0.337 e. The van der Waals surface area contributed by atoms with E-state index in [1.165, 1.54) is 18.3 Å². The molecule has 16 heteroatoms. The summed E-state index contributed by atoms with van der Waals surface area (Å²) in [4.78, 5) is 54.6. The molecule has 4 aliphatic carbocycles. The second kappa shape index (κ2) is 16.6. The first-order chi connectivity index (χ1) is 23.4. The van der Waals surface area contributed by atoms with E-state index in [1.54, 1.807) is 38.3 Å². The van der Waals surface area contributed by atoms with Gasteiger partial charge in [0.05, 0.1) is 35.1 Å². The molecule has 11 atom stereocenters. The maximum absolute atomic E-state index is 14.4. The van der Waals surface area contributed by atoms with Crippen molar-refractivity contribution in [2.75, 3.05) is 6.61 Å². The van der Waals surface area contributed by atoms with E-state index in [1.807, 2.05) is 0 Å². The average molecular weight is 1170 g/mol. The van der Waals surface area contributed by atoms with Crippen molar-refractivity contribution < 1.29 is 147 Å². The number of carbonyl (C=O) groups is 4. The largest absolute Gasteiger partial charge is 0.459 e. The maximum Gasteiger partial charge on any atom is 0.337 e. The van der Waals surface area contributed by atoms with Gasteiger partial charge in [0.1, 0.15) is 29.5 Å². The van der Waals surface area contributed by atoms with Crippen LogP contribution in [-0.4, -0.2) is 110 Å². The molecule has 1 saturated heterocycles. The van der Waals surface area contributed by atoms with Gasteiger partial charge in [-0.25, -0.2) is 4.79 Å². The normalized spacial score (nSPS) is 37.9. The number of rotatable bonds is 7. The van der Waals surface area contributed by atoms with Crippen LogP contribution in [0, 0.1) is 111 Å². The van der Waals surface area contributed by atoms with Crippen molar-refractivity contribution in [2.45, 2.75) is 133 Å². The first-order valence-corrected chi connectivity index (χ1v) is 18.4. The molecule has 6 rings (SSSR count). The summed E-state index contributed by atoms with van der Waals surface area (Å²) in [5.74, 6) is -4.84. The number of ether oxygens (including phenoxy) is 3. The Morgan fingerprint density at radius 2 is 1.71 bits per heavy atom. The molecule has 0 unspecified atom stereocenters. The third kappa shape index (κ3) is 7.27. The molecule has 1 amide bonds. The van der Waals surface area contributed by atoms with E-state index in [4.69, 9.17) is 14.2 Å². The number of hydrogen-bond acceptors (Lipinski definition) is 13. The predicted octanol–water partition coefficient (Wildman–Crippen LogP) is 1.57. The van der Waals surface area contributed by atoms with E-state index >= 15 is 0 Å². The van der Waals surface area contributed by atoms with Crippen molar-refractivity contribution in [1.29, 1.82) is 0 Å². The summed E-state index contributed by atoms with van der Waals surface area (Å²) in [6.07, 6.45) is -5.50. The Hall–Kier alpha value is 0.163. The first kappa shape index (κ1) is 44.9. The van der Waals surface area contributed by atoms with Crippen molar-refractivity contribution in [1.82, 2.24) is 5.32 Å². The number of ketones is 1. The standard InChI is InChI=1S/C36H49NO12S.2Ac/c1-17-20(49-32(44)27(41)25(19-10-7-6-8-11-19)37-31(43)21-12-9-13-50-21)15-36(46)30(48-18(2)38)28-34(5,22(39)14-23-35(28,45)16-47-23)29(42)26(40)24(17)33(36,3)4;;/h9,12-13,19-20,22-23,25-28,30,39-41,45-46H,6-8,10-11,14-16H2,1-5H3,(H,37,43);;/t20-,22-,23+,25-,26+,27+,28-,30-,34+,35-,36+;;/m0../s1. The summed E-state index contributed by atoms with van der Waals surface area (Å²) in [7, 11) is 0. The van der Waals surface area contributed by atoms with E-state index in [0.29, 0.717) is 17.7 Å². The minimum Gasteiger partial charge on any atom is -0.459 e. The quantitative estimate of drug-likeness (QED) is 0.170. The van der Waals surface area contributed by atoms with Crippen LogP contribution in [-0.2, 0) is 28.6 Å². The van der Waals surface area contributed by atoms with Gasteiger partial charge in [0, 0.05) is 119 Å². The van der Waals surface area contributed by atoms with Crippen LogP contribution in [0.4, 0.5) is 0 Å². The summed E-state index contributed by atoms with van der Waals surface area (Å²) in [5.41, 5.74) is -7.15. The minimum absolute atomic E-state index is 0. The molecule has 6 N–H and O–H groups in total. The topological polar surface area (TPSA) is 209 Å². The number of Topliss-reactive ketones (excluding diaryl/α,β-unsaturated/α-hetero) is 1. The van der Waals surface area contributed by atoms with Crippen molar-refractivity contribution in [3.63, 3.8) is 0 Å². The molecule has 1 aromatic rings. The minimum atomic E-state index is -2.19. The van der Waals surface area contributed by atoms with Crippen LogP contribution in [0.15, 0.2) is 28.7 Å². The summed E-state index contributed by atoms with van der Waals surface area (Å²) in [6.45, 7) is 6.95. The Balaban J connectivity index is 0.00000302. The van der Waals surface area contributed by atoms with Crippen LogP contribution in [0.25, 0.3) is 0 Å². The molecule has 0 spiro atoms. The van der Waals surface area contributed by atoms with E-state index < -0.39 is 101 Å². The number of aliphatic hydroxyl groups excluding tert-OH is 3. The summed E-state index contributed by atoms with van der Waals surface area (Å²) >= 11 is 1.23. The number of fused-ring (bicyclic) bond motifs is 5. The monoisotopic (exact) mass is 1170 g/mol. The third-order valence-electron chi connectivity index (χ3n) is 12.7. The molecule has 1 aliphatic heterocycles. The van der Waals surface area contributed by atoms with Crippen molar-refractivity contribution in [2.24, 2.45) is 22.7 Å². The van der Waals surface area contributed by atoms with E-state index in [2.05, 4.69) is 5.32 Å². The predicted molar refractivity (Wildman–Crippen MR) is 178 cm³/mol. The van der Waals surface area contributed by atoms with Gasteiger partial charge >= 0.3 is 11.9 Å². The molecule has 5 aliphatic rings. The number of hydrogen-bond donors (Lipinski definition) is 6. The van der Waals surface area contributed by atoms with Gasteiger partial charge in [0.25, 0.3) is 5.91 Å². The van der Waals surface area contributed by atoms with Gasteiger partial charge in [0.2, 0.25) is 0 Å². The zero-order chi connectivity index (χ0) is 36.6. The van der Waals surface area contributed by atoms with Crippen LogP contribution >= 0.6 is 11.3 Å². The van der Waals surface area contributed by atoms with Gasteiger partial charge in [-0.1, -0.05) is 39.2 Å². The maximum atomic E-state index is 14.4. The fourth-order valence-electron chi connectivity index (χ4n) is 9.73. The zero-order valence-corrected chi connectivity index (χ0v) is 40.5. The van der Waals surface area contributed by atoms with Crippen LogP contribution < -0.4 is 5.32 Å². The molecule has 1 aromatic heterocycles. The Morgan fingerprint density at radius 3 is 2.27 bits per heavy atom. The third-order valence-corrected chi connectivity index (χ3v) is 13.6. The van der Waals surface area contributed by atoms with Gasteiger partial charge in [-0.3, -0.25) is 14.4 Å². The zero-order valence-electron chi connectivity index (χ0n) is 30.2. The van der Waals surface area contributed by atoms with Crippen LogP contribution in [0.2, 0.25) is 0 Å². The van der Waals surface area contributed by atoms with E-state index in [0.717, 1.165) is 26.2 Å². The second-order valence-corrected chi connectivity index (χ2v) is 16.6. The number of esters is 2. The fraction of sp³-hybridized carbons (Fsp3) is 0.722. The number of carbonyl (C=O) groups excluding carboxylic acids is 4. The molecule has 3 saturated carbocycles. The second-order valence-electron chi connectivity index (χ2n) is 15.7. The van der Waals surface area contributed by atoms with Gasteiger partial charge in [-0.05, 0) is 55.2 Å². The Morgan fingerprint density at radius 1 is 1.06 bits per heavy atom. The number of thiophene rings is 1. The molecule has 282 valence electrons. The molecular weight excluding hydrogens is 1120 g/mol. The van der Waals surface area contributed by atoms with Gasteiger partial charge in [-0.15, -0.1) is 11.3 Å². The van der Waals surface area contributed by atoms with Gasteiger partial charge in [0.15, 0.2) is 11.9 Å². The number of aliphatic hydroxyl groups is 5. The Bertz CT molecular complexity index is 1570.